The molecular formula is C23H25N2O3+. The van der Waals surface area contributed by atoms with Crippen molar-refractivity contribution >= 4 is 11.6 Å². The maximum atomic E-state index is 13.2. The van der Waals surface area contributed by atoms with E-state index < -0.39 is 0 Å². The first kappa shape index (κ1) is 18.5. The molecule has 4 rings (SSSR count). The molecule has 2 N–H and O–H groups in total. The molecule has 2 aliphatic rings. The van der Waals surface area contributed by atoms with Gasteiger partial charge in [0, 0.05) is 24.3 Å². The molecule has 1 unspecified atom stereocenters. The van der Waals surface area contributed by atoms with Crippen molar-refractivity contribution in [2.45, 2.75) is 12.8 Å². The van der Waals surface area contributed by atoms with Crippen LogP contribution in [0.2, 0.25) is 0 Å². The summed E-state index contributed by atoms with van der Waals surface area (Å²) in [4.78, 5) is 13.2. The van der Waals surface area contributed by atoms with Crippen molar-refractivity contribution in [3.05, 3.63) is 72.5 Å². The lowest BCUT2D eigenvalue weighted by atomic mass is 10.1. The summed E-state index contributed by atoms with van der Waals surface area (Å²) >= 11 is 0. The Morgan fingerprint density at radius 1 is 1.11 bits per heavy atom. The van der Waals surface area contributed by atoms with Gasteiger partial charge in [0.15, 0.2) is 11.5 Å². The molecule has 1 saturated carbocycles. The lowest BCUT2D eigenvalue weighted by Gasteiger charge is -2.33. The van der Waals surface area contributed by atoms with E-state index in [4.69, 9.17) is 15.2 Å². The summed E-state index contributed by atoms with van der Waals surface area (Å²) < 4.78 is 11.5. The number of ether oxygens (including phenoxy) is 2. The standard InChI is InChI=1S/C23H25N2O3/c1-27-21-6-2-3-7-22(21)28-20-12-10-19(11-13-20)25(23(26)18-8-9-18)14-4-5-17(15-24)16-25/h2-7,10-13,16,18H,8-9,14-15,24H2,1H3/q+1. The third-order valence-electron chi connectivity index (χ3n) is 5.26. The molecular weight excluding hydrogens is 352 g/mol. The van der Waals surface area contributed by atoms with Crippen LogP contribution in [0.25, 0.3) is 0 Å². The van der Waals surface area contributed by atoms with Crippen LogP contribution >= 0.6 is 0 Å². The van der Waals surface area contributed by atoms with Crippen LogP contribution in [-0.2, 0) is 4.79 Å². The Morgan fingerprint density at radius 3 is 2.46 bits per heavy atom. The predicted molar refractivity (Wildman–Crippen MR) is 110 cm³/mol. The highest BCUT2D eigenvalue weighted by Gasteiger charge is 2.47. The number of carbonyl (C=O) groups excluding carboxylic acids is 1. The van der Waals surface area contributed by atoms with E-state index in [1.807, 2.05) is 66.9 Å². The van der Waals surface area contributed by atoms with Crippen molar-refractivity contribution in [3.8, 4) is 17.2 Å². The summed E-state index contributed by atoms with van der Waals surface area (Å²) in [6.45, 7) is 1.04. The summed E-state index contributed by atoms with van der Waals surface area (Å²) in [5.41, 5.74) is 7.77. The highest BCUT2D eigenvalue weighted by Crippen LogP contribution is 2.40. The predicted octanol–water partition coefficient (Wildman–Crippen LogP) is 4.14. The summed E-state index contributed by atoms with van der Waals surface area (Å²) in [5, 5.41) is 0. The minimum atomic E-state index is 0.145. The molecule has 1 aliphatic carbocycles. The molecule has 0 spiro atoms. The van der Waals surface area contributed by atoms with E-state index in [1.54, 1.807) is 7.11 Å². The van der Waals surface area contributed by atoms with Crippen LogP contribution in [0.4, 0.5) is 5.69 Å². The fraction of sp³-hybridized carbons (Fsp3) is 0.261. The fourth-order valence-electron chi connectivity index (χ4n) is 3.60. The third-order valence-corrected chi connectivity index (χ3v) is 5.26. The lowest BCUT2D eigenvalue weighted by Crippen LogP contribution is -2.52. The van der Waals surface area contributed by atoms with Gasteiger partial charge in [-0.15, -0.1) is 0 Å². The average molecular weight is 377 g/mol. The van der Waals surface area contributed by atoms with Crippen molar-refractivity contribution < 1.29 is 14.3 Å². The van der Waals surface area contributed by atoms with Gasteiger partial charge < -0.3 is 15.2 Å². The van der Waals surface area contributed by atoms with Gasteiger partial charge in [0.1, 0.15) is 24.2 Å². The van der Waals surface area contributed by atoms with E-state index in [9.17, 15) is 4.79 Å². The Kier molecular flexibility index (Phi) is 5.03. The first-order chi connectivity index (χ1) is 13.7. The quantitative estimate of drug-likeness (QED) is 0.769. The van der Waals surface area contributed by atoms with E-state index in [-0.39, 0.29) is 16.3 Å². The number of para-hydroxylation sites is 2. The van der Waals surface area contributed by atoms with Crippen LogP contribution in [0, 0.1) is 5.92 Å². The molecule has 2 aromatic rings. The minimum Gasteiger partial charge on any atom is -0.493 e. The number of rotatable bonds is 6. The maximum absolute atomic E-state index is 13.2. The fourth-order valence-corrected chi connectivity index (χ4v) is 3.60. The number of carbonyl (C=O) groups is 1. The molecule has 2 aromatic carbocycles. The van der Waals surface area contributed by atoms with Crippen molar-refractivity contribution in [2.24, 2.45) is 11.7 Å². The van der Waals surface area contributed by atoms with Gasteiger partial charge in [-0.1, -0.05) is 18.2 Å². The van der Waals surface area contributed by atoms with Crippen LogP contribution in [0.15, 0.2) is 72.5 Å². The van der Waals surface area contributed by atoms with Crippen molar-refractivity contribution in [1.82, 2.24) is 4.48 Å². The summed E-state index contributed by atoms with van der Waals surface area (Å²) in [6, 6.07) is 15.3. The Hall–Kier alpha value is -2.89. The molecule has 28 heavy (non-hydrogen) atoms. The number of nitrogens with zero attached hydrogens (tertiary/aromatic N) is 1. The van der Waals surface area contributed by atoms with Gasteiger partial charge in [-0.25, -0.2) is 4.79 Å². The van der Waals surface area contributed by atoms with Crippen molar-refractivity contribution in [3.63, 3.8) is 0 Å². The molecule has 1 heterocycles. The van der Waals surface area contributed by atoms with Crippen LogP contribution in [0.5, 0.6) is 17.2 Å². The van der Waals surface area contributed by atoms with Gasteiger partial charge in [-0.3, -0.25) is 0 Å². The SMILES string of the molecule is COc1ccccc1Oc1ccc([N+]2(C(=O)C3CC3)C=C(CN)C=CC2)cc1. The summed E-state index contributed by atoms with van der Waals surface area (Å²) in [6.07, 6.45) is 8.01. The first-order valence-electron chi connectivity index (χ1n) is 9.58. The second-order valence-electron chi connectivity index (χ2n) is 7.22. The number of nitrogens with two attached hydrogens (primary N) is 1. The van der Waals surface area contributed by atoms with Crippen LogP contribution in [-0.4, -0.2) is 26.1 Å². The Bertz CT molecular complexity index is 929. The molecule has 0 saturated heterocycles. The van der Waals surface area contributed by atoms with Crippen molar-refractivity contribution in [1.29, 1.82) is 0 Å². The van der Waals surface area contributed by atoms with Gasteiger partial charge in [-0.2, -0.15) is 4.48 Å². The van der Waals surface area contributed by atoms with Gasteiger partial charge >= 0.3 is 5.91 Å². The second-order valence-corrected chi connectivity index (χ2v) is 7.22. The first-order valence-corrected chi connectivity index (χ1v) is 9.58. The number of methoxy groups -OCH3 is 1. The minimum absolute atomic E-state index is 0.145. The molecule has 1 fully saturated rings. The molecule has 0 bridgehead atoms. The highest BCUT2D eigenvalue weighted by molar-refractivity contribution is 5.94. The van der Waals surface area contributed by atoms with Gasteiger partial charge in [-0.05, 0) is 43.2 Å². The smallest absolute Gasteiger partial charge is 0.326 e. The Balaban J connectivity index is 1.64. The van der Waals surface area contributed by atoms with Crippen LogP contribution in [0.1, 0.15) is 12.8 Å². The van der Waals surface area contributed by atoms with E-state index in [0.29, 0.717) is 30.3 Å². The Labute approximate surface area is 165 Å². The second kappa shape index (κ2) is 7.62. The topological polar surface area (TPSA) is 61.5 Å². The van der Waals surface area contributed by atoms with E-state index in [0.717, 1.165) is 24.1 Å². The third kappa shape index (κ3) is 3.46. The lowest BCUT2D eigenvalue weighted by molar-refractivity contribution is -0.129. The van der Waals surface area contributed by atoms with E-state index >= 15 is 0 Å². The zero-order chi connectivity index (χ0) is 19.6. The van der Waals surface area contributed by atoms with Crippen LogP contribution in [0.3, 0.4) is 0 Å². The number of benzene rings is 2. The van der Waals surface area contributed by atoms with Crippen LogP contribution < -0.4 is 19.7 Å². The molecule has 1 aliphatic heterocycles. The zero-order valence-electron chi connectivity index (χ0n) is 16.0. The molecule has 0 radical (unpaired) electrons. The van der Waals surface area contributed by atoms with Gasteiger partial charge in [0.25, 0.3) is 0 Å². The van der Waals surface area contributed by atoms with Gasteiger partial charge in [0.05, 0.1) is 13.0 Å². The molecule has 5 heteroatoms. The summed E-state index contributed by atoms with van der Waals surface area (Å²) in [7, 11) is 1.62. The molecule has 0 aromatic heterocycles. The average Bonchev–Trinajstić information content (AvgIpc) is 3.59. The molecule has 5 nitrogen and oxygen atoms in total. The largest absolute Gasteiger partial charge is 0.493 e. The number of hydrogen-bond donors (Lipinski definition) is 1. The number of amides is 1. The summed E-state index contributed by atoms with van der Waals surface area (Å²) in [5.74, 6) is 2.42. The zero-order valence-corrected chi connectivity index (χ0v) is 16.0. The number of quaternary nitrogens is 1. The highest BCUT2D eigenvalue weighted by atomic mass is 16.5. The molecule has 1 amide bonds. The maximum Gasteiger partial charge on any atom is 0.326 e. The Morgan fingerprint density at radius 2 is 1.82 bits per heavy atom. The molecule has 144 valence electrons. The van der Waals surface area contributed by atoms with Gasteiger partial charge in [0.2, 0.25) is 0 Å². The van der Waals surface area contributed by atoms with Crippen molar-refractivity contribution in [2.75, 3.05) is 20.2 Å². The normalized spacial score (nSPS) is 21.1. The number of hydrogen-bond acceptors (Lipinski definition) is 4. The van der Waals surface area contributed by atoms with E-state index in [2.05, 4.69) is 0 Å². The molecule has 1 atom stereocenters. The monoisotopic (exact) mass is 377 g/mol. The van der Waals surface area contributed by atoms with E-state index in [1.165, 1.54) is 0 Å².